The van der Waals surface area contributed by atoms with E-state index in [-0.39, 0.29) is 11.9 Å². The van der Waals surface area contributed by atoms with Gasteiger partial charge in [0.2, 0.25) is 5.91 Å². The molecule has 4 heteroatoms. The number of carbonyl (C=O) groups is 1. The van der Waals surface area contributed by atoms with Crippen LogP contribution in [0.3, 0.4) is 0 Å². The van der Waals surface area contributed by atoms with Crippen molar-refractivity contribution in [1.29, 1.82) is 0 Å². The van der Waals surface area contributed by atoms with Crippen LogP contribution in [0.1, 0.15) is 38.5 Å². The van der Waals surface area contributed by atoms with E-state index in [0.29, 0.717) is 5.41 Å². The zero-order valence-electron chi connectivity index (χ0n) is 10.8. The van der Waals surface area contributed by atoms with Crippen molar-refractivity contribution in [2.24, 2.45) is 5.41 Å². The van der Waals surface area contributed by atoms with E-state index in [1.807, 2.05) is 0 Å². The summed E-state index contributed by atoms with van der Waals surface area (Å²) < 4.78 is 5.14. The average Bonchev–Trinajstić information content (AvgIpc) is 3.11. The van der Waals surface area contributed by atoms with Gasteiger partial charge in [0.1, 0.15) is 0 Å². The summed E-state index contributed by atoms with van der Waals surface area (Å²) in [6.07, 6.45) is 6.90. The molecular weight excluding hydrogens is 216 g/mol. The molecule has 1 saturated carbocycles. The molecular formula is C13H24N2O2. The maximum absolute atomic E-state index is 11.8. The summed E-state index contributed by atoms with van der Waals surface area (Å²) in [6, 6.07) is 0.0255. The van der Waals surface area contributed by atoms with Crippen molar-refractivity contribution >= 4 is 5.91 Å². The summed E-state index contributed by atoms with van der Waals surface area (Å²) in [5.41, 5.74) is 0.419. The third-order valence-electron chi connectivity index (χ3n) is 4.05. The first kappa shape index (κ1) is 12.8. The van der Waals surface area contributed by atoms with Crippen molar-refractivity contribution in [3.8, 4) is 0 Å². The molecule has 0 aromatic heterocycles. The lowest BCUT2D eigenvalue weighted by Crippen LogP contribution is -2.44. The monoisotopic (exact) mass is 240 g/mol. The number of hydrogen-bond donors (Lipinski definition) is 2. The number of rotatable bonds is 6. The minimum atomic E-state index is 0.0255. The Balaban J connectivity index is 1.74. The molecule has 1 saturated heterocycles. The van der Waals surface area contributed by atoms with Crippen LogP contribution in [0, 0.1) is 5.41 Å². The molecule has 0 aromatic rings. The summed E-state index contributed by atoms with van der Waals surface area (Å²) in [7, 11) is 1.75. The lowest BCUT2D eigenvalue weighted by Gasteiger charge is -2.20. The number of nitrogens with one attached hydrogen (secondary N) is 2. The third-order valence-corrected chi connectivity index (χ3v) is 4.05. The highest BCUT2D eigenvalue weighted by Crippen LogP contribution is 2.48. The molecule has 2 fully saturated rings. The van der Waals surface area contributed by atoms with Crippen LogP contribution in [-0.2, 0) is 9.53 Å². The van der Waals surface area contributed by atoms with E-state index in [1.54, 1.807) is 7.11 Å². The summed E-state index contributed by atoms with van der Waals surface area (Å²) >= 11 is 0. The normalized spacial score (nSPS) is 27.4. The second kappa shape index (κ2) is 5.83. The Morgan fingerprint density at radius 2 is 2.29 bits per heavy atom. The first-order chi connectivity index (χ1) is 8.26. The fraction of sp³-hybridized carbons (Fsp3) is 0.923. The molecule has 2 N–H and O–H groups in total. The van der Waals surface area contributed by atoms with Gasteiger partial charge in [-0.2, -0.15) is 0 Å². The average molecular weight is 240 g/mol. The van der Waals surface area contributed by atoms with Gasteiger partial charge in [-0.1, -0.05) is 0 Å². The van der Waals surface area contributed by atoms with Gasteiger partial charge in [0.15, 0.2) is 0 Å². The van der Waals surface area contributed by atoms with Crippen LogP contribution in [0.15, 0.2) is 0 Å². The lowest BCUT2D eigenvalue weighted by atomic mass is 10.0. The van der Waals surface area contributed by atoms with Crippen LogP contribution >= 0.6 is 0 Å². The summed E-state index contributed by atoms with van der Waals surface area (Å²) in [5, 5.41) is 6.42. The fourth-order valence-electron chi connectivity index (χ4n) is 2.48. The van der Waals surface area contributed by atoms with Gasteiger partial charge >= 0.3 is 0 Å². The van der Waals surface area contributed by atoms with Gasteiger partial charge in [0, 0.05) is 26.8 Å². The Bertz CT molecular complexity index is 264. The van der Waals surface area contributed by atoms with E-state index < -0.39 is 0 Å². The number of carbonyl (C=O) groups excluding carboxylic acids is 1. The third kappa shape index (κ3) is 3.68. The van der Waals surface area contributed by atoms with Gasteiger partial charge in [-0.3, -0.25) is 4.79 Å². The molecule has 0 radical (unpaired) electrons. The summed E-state index contributed by atoms with van der Waals surface area (Å²) in [6.45, 7) is 2.64. The van der Waals surface area contributed by atoms with Gasteiger partial charge in [0.25, 0.3) is 0 Å². The maximum Gasteiger partial charge on any atom is 0.237 e. The number of hydrogen-bond acceptors (Lipinski definition) is 3. The first-order valence-corrected chi connectivity index (χ1v) is 6.76. The lowest BCUT2D eigenvalue weighted by molar-refractivity contribution is -0.122. The van der Waals surface area contributed by atoms with Gasteiger partial charge in [-0.15, -0.1) is 0 Å². The van der Waals surface area contributed by atoms with Crippen LogP contribution in [0.4, 0.5) is 0 Å². The smallest absolute Gasteiger partial charge is 0.237 e. The van der Waals surface area contributed by atoms with Crippen molar-refractivity contribution in [2.75, 3.05) is 26.8 Å². The van der Waals surface area contributed by atoms with Crippen LogP contribution in [0.2, 0.25) is 0 Å². The van der Waals surface area contributed by atoms with Crippen molar-refractivity contribution < 1.29 is 9.53 Å². The Labute approximate surface area is 103 Å². The predicted molar refractivity (Wildman–Crippen MR) is 66.8 cm³/mol. The van der Waals surface area contributed by atoms with Crippen molar-refractivity contribution in [3.05, 3.63) is 0 Å². The van der Waals surface area contributed by atoms with Gasteiger partial charge in [-0.05, 0) is 43.9 Å². The molecule has 4 nitrogen and oxygen atoms in total. The van der Waals surface area contributed by atoms with Crippen LogP contribution in [0.25, 0.3) is 0 Å². The molecule has 1 atom stereocenters. The minimum Gasteiger partial charge on any atom is -0.385 e. The summed E-state index contributed by atoms with van der Waals surface area (Å²) in [5.74, 6) is 0.185. The van der Waals surface area contributed by atoms with E-state index in [4.69, 9.17) is 4.74 Å². The van der Waals surface area contributed by atoms with Crippen LogP contribution in [-0.4, -0.2) is 38.8 Å². The molecule has 2 rings (SSSR count). The second-order valence-corrected chi connectivity index (χ2v) is 5.46. The predicted octanol–water partition coefficient (Wildman–Crippen LogP) is 1.06. The van der Waals surface area contributed by atoms with Crippen molar-refractivity contribution in [1.82, 2.24) is 10.6 Å². The highest BCUT2D eigenvalue weighted by Gasteiger charge is 2.42. The largest absolute Gasteiger partial charge is 0.385 e. The molecule has 17 heavy (non-hydrogen) atoms. The van der Waals surface area contributed by atoms with E-state index in [2.05, 4.69) is 10.6 Å². The number of amides is 1. The van der Waals surface area contributed by atoms with Crippen LogP contribution in [0.5, 0.6) is 0 Å². The Hall–Kier alpha value is -0.610. The molecule has 0 spiro atoms. The van der Waals surface area contributed by atoms with Gasteiger partial charge in [0.05, 0.1) is 6.04 Å². The molecule has 1 aliphatic carbocycles. The molecule has 0 bridgehead atoms. The number of methoxy groups -OCH3 is 1. The van der Waals surface area contributed by atoms with E-state index in [0.717, 1.165) is 45.4 Å². The number of ether oxygens (including phenoxy) is 1. The molecule has 1 heterocycles. The van der Waals surface area contributed by atoms with Crippen LogP contribution < -0.4 is 10.6 Å². The Kier molecular flexibility index (Phi) is 4.40. The molecule has 1 aliphatic heterocycles. The Morgan fingerprint density at radius 1 is 1.47 bits per heavy atom. The highest BCUT2D eigenvalue weighted by molar-refractivity contribution is 5.81. The van der Waals surface area contributed by atoms with E-state index >= 15 is 0 Å². The van der Waals surface area contributed by atoms with Gasteiger partial charge in [-0.25, -0.2) is 0 Å². The van der Waals surface area contributed by atoms with Gasteiger partial charge < -0.3 is 15.4 Å². The zero-order valence-corrected chi connectivity index (χ0v) is 10.8. The van der Waals surface area contributed by atoms with Crippen molar-refractivity contribution in [2.45, 2.75) is 44.6 Å². The fourth-order valence-corrected chi connectivity index (χ4v) is 2.48. The molecule has 1 unspecified atom stereocenters. The SMILES string of the molecule is COCCC1(CNC2CCCCNC2=O)CC1. The molecule has 1 amide bonds. The maximum atomic E-state index is 11.8. The molecule has 0 aromatic carbocycles. The zero-order chi connectivity index (χ0) is 12.1. The molecule has 98 valence electrons. The Morgan fingerprint density at radius 3 is 3.00 bits per heavy atom. The quantitative estimate of drug-likeness (QED) is 0.730. The highest BCUT2D eigenvalue weighted by atomic mass is 16.5. The summed E-state index contributed by atoms with van der Waals surface area (Å²) in [4.78, 5) is 11.8. The minimum absolute atomic E-state index is 0.0255. The standard InChI is InChI=1S/C13H24N2O2/c1-17-9-7-13(5-6-13)10-15-11-4-2-3-8-14-12(11)16/h11,15H,2-10H2,1H3,(H,14,16). The van der Waals surface area contributed by atoms with E-state index in [1.165, 1.54) is 12.8 Å². The first-order valence-electron chi connectivity index (χ1n) is 6.76. The van der Waals surface area contributed by atoms with Crippen molar-refractivity contribution in [3.63, 3.8) is 0 Å². The topological polar surface area (TPSA) is 50.4 Å². The van der Waals surface area contributed by atoms with E-state index in [9.17, 15) is 4.79 Å². The second-order valence-electron chi connectivity index (χ2n) is 5.46. The molecule has 2 aliphatic rings.